The van der Waals surface area contributed by atoms with Gasteiger partial charge in [0.05, 0.1) is 5.69 Å². The third-order valence-electron chi connectivity index (χ3n) is 4.20. The number of hydrogen-bond donors (Lipinski definition) is 1. The Morgan fingerprint density at radius 3 is 2.71 bits per heavy atom. The lowest BCUT2D eigenvalue weighted by molar-refractivity contribution is -0.116. The zero-order valence-electron chi connectivity index (χ0n) is 11.9. The standard InChI is InChI=1S/C18H16N2O/c1-12(21)20-10-9-14-7-8-16-15(18(14)20)11-17(19-16)13-5-3-2-4-6-13/h2-8,11,19H,9-10H2,1H3. The van der Waals surface area contributed by atoms with Crippen molar-refractivity contribution in [2.24, 2.45) is 0 Å². The van der Waals surface area contributed by atoms with E-state index in [0.29, 0.717) is 0 Å². The van der Waals surface area contributed by atoms with Gasteiger partial charge in [-0.2, -0.15) is 0 Å². The van der Waals surface area contributed by atoms with E-state index < -0.39 is 0 Å². The fraction of sp³-hybridized carbons (Fsp3) is 0.167. The molecule has 0 spiro atoms. The van der Waals surface area contributed by atoms with Gasteiger partial charge in [-0.25, -0.2) is 0 Å². The van der Waals surface area contributed by atoms with Crippen LogP contribution in [-0.4, -0.2) is 17.4 Å². The largest absolute Gasteiger partial charge is 0.354 e. The van der Waals surface area contributed by atoms with Crippen molar-refractivity contribution < 1.29 is 4.79 Å². The van der Waals surface area contributed by atoms with Crippen LogP contribution in [0, 0.1) is 0 Å². The highest BCUT2D eigenvalue weighted by Crippen LogP contribution is 2.37. The molecule has 3 nitrogen and oxygen atoms in total. The Balaban J connectivity index is 1.93. The molecule has 0 fully saturated rings. The van der Waals surface area contributed by atoms with E-state index in [-0.39, 0.29) is 5.91 Å². The van der Waals surface area contributed by atoms with E-state index in [4.69, 9.17) is 0 Å². The summed E-state index contributed by atoms with van der Waals surface area (Å²) in [4.78, 5) is 17.2. The van der Waals surface area contributed by atoms with Crippen molar-refractivity contribution in [3.8, 4) is 11.3 Å². The Kier molecular flexibility index (Phi) is 2.61. The second-order valence-corrected chi connectivity index (χ2v) is 5.50. The van der Waals surface area contributed by atoms with Gasteiger partial charge in [0.1, 0.15) is 0 Å². The van der Waals surface area contributed by atoms with Gasteiger partial charge in [-0.3, -0.25) is 4.79 Å². The zero-order chi connectivity index (χ0) is 14.4. The Hall–Kier alpha value is -2.55. The van der Waals surface area contributed by atoms with Gasteiger partial charge in [0, 0.05) is 30.1 Å². The number of nitrogens with zero attached hydrogens (tertiary/aromatic N) is 1. The molecule has 1 aliphatic rings. The Bertz CT molecular complexity index is 833. The minimum absolute atomic E-state index is 0.115. The fourth-order valence-corrected chi connectivity index (χ4v) is 3.19. The first-order valence-corrected chi connectivity index (χ1v) is 7.22. The van der Waals surface area contributed by atoms with E-state index in [1.165, 1.54) is 5.56 Å². The number of fused-ring (bicyclic) bond motifs is 3. The Labute approximate surface area is 123 Å². The third kappa shape index (κ3) is 1.85. The molecule has 1 amide bonds. The Morgan fingerprint density at radius 1 is 1.14 bits per heavy atom. The molecule has 0 bridgehead atoms. The number of amides is 1. The van der Waals surface area contributed by atoms with Crippen molar-refractivity contribution in [1.82, 2.24) is 4.98 Å². The summed E-state index contributed by atoms with van der Waals surface area (Å²) in [6.07, 6.45) is 0.941. The van der Waals surface area contributed by atoms with Gasteiger partial charge in [-0.05, 0) is 29.7 Å². The lowest BCUT2D eigenvalue weighted by Crippen LogP contribution is -2.25. The first-order chi connectivity index (χ1) is 10.2. The molecule has 0 atom stereocenters. The van der Waals surface area contributed by atoms with Crippen LogP contribution in [0.25, 0.3) is 22.2 Å². The molecular formula is C18H16N2O. The number of carbonyl (C=O) groups excluding carboxylic acids is 1. The molecule has 0 radical (unpaired) electrons. The van der Waals surface area contributed by atoms with E-state index in [0.717, 1.165) is 40.8 Å². The van der Waals surface area contributed by atoms with Gasteiger partial charge in [0.15, 0.2) is 0 Å². The van der Waals surface area contributed by atoms with Crippen molar-refractivity contribution in [2.75, 3.05) is 11.4 Å². The van der Waals surface area contributed by atoms with Gasteiger partial charge < -0.3 is 9.88 Å². The average Bonchev–Trinajstić information content (AvgIpc) is 3.11. The van der Waals surface area contributed by atoms with Crippen molar-refractivity contribution in [3.05, 3.63) is 54.1 Å². The maximum atomic E-state index is 11.8. The normalized spacial score (nSPS) is 13.7. The van der Waals surface area contributed by atoms with E-state index in [2.05, 4.69) is 35.3 Å². The molecule has 2 heterocycles. The minimum Gasteiger partial charge on any atom is -0.354 e. The number of benzene rings is 2. The lowest BCUT2D eigenvalue weighted by atomic mass is 10.1. The maximum Gasteiger partial charge on any atom is 0.223 e. The fourth-order valence-electron chi connectivity index (χ4n) is 3.19. The van der Waals surface area contributed by atoms with Crippen molar-refractivity contribution in [2.45, 2.75) is 13.3 Å². The quantitative estimate of drug-likeness (QED) is 0.722. The van der Waals surface area contributed by atoms with Crippen LogP contribution in [-0.2, 0) is 11.2 Å². The number of anilines is 1. The Morgan fingerprint density at radius 2 is 1.95 bits per heavy atom. The summed E-state index contributed by atoms with van der Waals surface area (Å²) in [5, 5.41) is 1.14. The predicted octanol–water partition coefficient (Wildman–Crippen LogP) is 3.74. The van der Waals surface area contributed by atoms with Gasteiger partial charge >= 0.3 is 0 Å². The van der Waals surface area contributed by atoms with Crippen molar-refractivity contribution in [1.29, 1.82) is 0 Å². The van der Waals surface area contributed by atoms with Crippen LogP contribution in [0.1, 0.15) is 12.5 Å². The van der Waals surface area contributed by atoms with Crippen molar-refractivity contribution >= 4 is 22.5 Å². The van der Waals surface area contributed by atoms with Crippen LogP contribution >= 0.6 is 0 Å². The topological polar surface area (TPSA) is 36.1 Å². The highest BCUT2D eigenvalue weighted by molar-refractivity contribution is 6.06. The molecule has 104 valence electrons. The number of H-pyrrole nitrogens is 1. The van der Waals surface area contributed by atoms with Crippen LogP contribution in [0.2, 0.25) is 0 Å². The highest BCUT2D eigenvalue weighted by Gasteiger charge is 2.25. The van der Waals surface area contributed by atoms with Crippen LogP contribution < -0.4 is 4.90 Å². The molecule has 1 aromatic heterocycles. The molecule has 0 unspecified atom stereocenters. The van der Waals surface area contributed by atoms with Gasteiger partial charge in [-0.15, -0.1) is 0 Å². The number of aromatic nitrogens is 1. The molecule has 0 saturated heterocycles. The molecule has 4 rings (SSSR count). The maximum absolute atomic E-state index is 11.8. The summed E-state index contributed by atoms with van der Waals surface area (Å²) < 4.78 is 0. The molecule has 3 heteroatoms. The van der Waals surface area contributed by atoms with E-state index in [1.54, 1.807) is 6.92 Å². The number of rotatable bonds is 1. The minimum atomic E-state index is 0.115. The highest BCUT2D eigenvalue weighted by atomic mass is 16.2. The van der Waals surface area contributed by atoms with Crippen LogP contribution in [0.5, 0.6) is 0 Å². The smallest absolute Gasteiger partial charge is 0.223 e. The zero-order valence-corrected chi connectivity index (χ0v) is 11.9. The lowest BCUT2D eigenvalue weighted by Gasteiger charge is -2.15. The molecular weight excluding hydrogens is 260 g/mol. The van der Waals surface area contributed by atoms with E-state index in [9.17, 15) is 4.79 Å². The second kappa shape index (κ2) is 4.48. The van der Waals surface area contributed by atoms with Gasteiger partial charge in [0.25, 0.3) is 0 Å². The molecule has 0 saturated carbocycles. The molecule has 0 aliphatic carbocycles. The van der Waals surface area contributed by atoms with Crippen LogP contribution in [0.15, 0.2) is 48.5 Å². The first kappa shape index (κ1) is 12.2. The summed E-state index contributed by atoms with van der Waals surface area (Å²) in [6, 6.07) is 16.7. The SMILES string of the molecule is CC(=O)N1CCc2ccc3[nH]c(-c4ccccc4)cc3c21. The van der Waals surface area contributed by atoms with Gasteiger partial charge in [0.2, 0.25) is 5.91 Å². The summed E-state index contributed by atoms with van der Waals surface area (Å²) in [5.74, 6) is 0.115. The van der Waals surface area contributed by atoms with Crippen LogP contribution in [0.4, 0.5) is 5.69 Å². The summed E-state index contributed by atoms with van der Waals surface area (Å²) in [6.45, 7) is 2.42. The summed E-state index contributed by atoms with van der Waals surface area (Å²) >= 11 is 0. The summed E-state index contributed by atoms with van der Waals surface area (Å²) in [5.41, 5.74) is 5.68. The number of aromatic amines is 1. The van der Waals surface area contributed by atoms with Crippen molar-refractivity contribution in [3.63, 3.8) is 0 Å². The number of hydrogen-bond acceptors (Lipinski definition) is 1. The molecule has 21 heavy (non-hydrogen) atoms. The number of carbonyl (C=O) groups is 1. The monoisotopic (exact) mass is 276 g/mol. The summed E-state index contributed by atoms with van der Waals surface area (Å²) in [7, 11) is 0. The first-order valence-electron chi connectivity index (χ1n) is 7.22. The predicted molar refractivity (Wildman–Crippen MR) is 85.5 cm³/mol. The molecule has 1 aliphatic heterocycles. The van der Waals surface area contributed by atoms with E-state index in [1.807, 2.05) is 23.1 Å². The molecule has 2 aromatic carbocycles. The molecule has 1 N–H and O–H groups in total. The average molecular weight is 276 g/mol. The third-order valence-corrected chi connectivity index (χ3v) is 4.20. The molecule has 3 aromatic rings. The van der Waals surface area contributed by atoms with Gasteiger partial charge in [-0.1, -0.05) is 36.4 Å². The van der Waals surface area contributed by atoms with Crippen LogP contribution in [0.3, 0.4) is 0 Å². The van der Waals surface area contributed by atoms with E-state index >= 15 is 0 Å². The second-order valence-electron chi connectivity index (χ2n) is 5.50. The number of nitrogens with one attached hydrogen (secondary N) is 1.